The molecule has 1 saturated heterocycles. The van der Waals surface area contributed by atoms with Gasteiger partial charge in [-0.15, -0.1) is 0 Å². The number of hydrogen-bond donors (Lipinski definition) is 1. The number of benzene rings is 2. The zero-order chi connectivity index (χ0) is 16.9. The Morgan fingerprint density at radius 1 is 1.04 bits per heavy atom. The maximum atomic E-state index is 12.2. The van der Waals surface area contributed by atoms with Crippen LogP contribution < -0.4 is 10.1 Å². The maximum Gasteiger partial charge on any atom is 0.314 e. The lowest BCUT2D eigenvalue weighted by Gasteiger charge is -2.16. The summed E-state index contributed by atoms with van der Waals surface area (Å²) in [4.78, 5) is 25.9. The van der Waals surface area contributed by atoms with Gasteiger partial charge in [0.2, 0.25) is 0 Å². The van der Waals surface area contributed by atoms with Crippen molar-refractivity contribution in [3.05, 3.63) is 53.6 Å². The number of amides is 2. The van der Waals surface area contributed by atoms with E-state index < -0.39 is 11.8 Å². The fourth-order valence-corrected chi connectivity index (χ4v) is 2.72. The predicted octanol–water partition coefficient (Wildman–Crippen LogP) is 3.69. The number of likely N-dealkylation sites (tertiary alicyclic amines) is 1. The van der Waals surface area contributed by atoms with E-state index in [-0.39, 0.29) is 0 Å². The van der Waals surface area contributed by atoms with Crippen LogP contribution in [0.1, 0.15) is 12.8 Å². The minimum atomic E-state index is -0.683. The van der Waals surface area contributed by atoms with Crippen molar-refractivity contribution < 1.29 is 14.3 Å². The third-order valence-electron chi connectivity index (χ3n) is 3.75. The molecule has 1 heterocycles. The molecule has 0 saturated carbocycles. The van der Waals surface area contributed by atoms with Gasteiger partial charge in [0, 0.05) is 18.1 Å². The van der Waals surface area contributed by atoms with Crippen LogP contribution in [0.25, 0.3) is 0 Å². The van der Waals surface area contributed by atoms with Gasteiger partial charge in [0.05, 0.1) is 5.69 Å². The third-order valence-corrected chi connectivity index (χ3v) is 3.98. The average Bonchev–Trinajstić information content (AvgIpc) is 3.12. The zero-order valence-corrected chi connectivity index (χ0v) is 13.8. The van der Waals surface area contributed by atoms with Gasteiger partial charge in [-0.05, 0) is 43.2 Å². The maximum absolute atomic E-state index is 12.2. The fourth-order valence-electron chi connectivity index (χ4n) is 2.54. The molecule has 2 amide bonds. The number of rotatable bonds is 3. The largest absolute Gasteiger partial charge is 0.455 e. The molecule has 24 heavy (non-hydrogen) atoms. The lowest BCUT2D eigenvalue weighted by atomic mass is 10.2. The van der Waals surface area contributed by atoms with Gasteiger partial charge in [-0.2, -0.15) is 0 Å². The highest BCUT2D eigenvalue weighted by Gasteiger charge is 2.25. The Kier molecular flexibility index (Phi) is 5.01. The van der Waals surface area contributed by atoms with Crippen LogP contribution in [0.3, 0.4) is 0 Å². The first-order valence-corrected chi connectivity index (χ1v) is 8.14. The summed E-state index contributed by atoms with van der Waals surface area (Å²) in [6.45, 7) is 1.24. The summed E-state index contributed by atoms with van der Waals surface area (Å²) in [6, 6.07) is 14.1. The number of hydrogen-bond acceptors (Lipinski definition) is 3. The van der Waals surface area contributed by atoms with E-state index in [0.29, 0.717) is 35.3 Å². The van der Waals surface area contributed by atoms with Crippen molar-refractivity contribution in [3.8, 4) is 11.5 Å². The van der Waals surface area contributed by atoms with E-state index in [1.807, 2.05) is 18.2 Å². The summed E-state index contributed by atoms with van der Waals surface area (Å²) in [6.07, 6.45) is 1.86. The van der Waals surface area contributed by atoms with Gasteiger partial charge in [0.1, 0.15) is 5.75 Å². The number of nitrogens with one attached hydrogen (secondary N) is 1. The Labute approximate surface area is 145 Å². The normalized spacial score (nSPS) is 13.6. The van der Waals surface area contributed by atoms with Crippen molar-refractivity contribution in [1.82, 2.24) is 4.90 Å². The quantitative estimate of drug-likeness (QED) is 0.864. The number of anilines is 1. The molecular formula is C18H17ClN2O3. The molecule has 5 nitrogen and oxygen atoms in total. The van der Waals surface area contributed by atoms with Crippen LogP contribution in [0.5, 0.6) is 11.5 Å². The topological polar surface area (TPSA) is 58.6 Å². The Balaban J connectivity index is 1.77. The monoisotopic (exact) mass is 344 g/mol. The standard InChI is InChI=1S/C18H17ClN2O3/c19-13-8-9-16(24-14-6-2-1-3-7-14)15(12-13)20-17(22)18(23)21-10-4-5-11-21/h1-3,6-9,12H,4-5,10-11H2,(H,20,22). The molecule has 0 unspecified atom stereocenters. The Hall–Kier alpha value is -2.53. The van der Waals surface area contributed by atoms with Crippen molar-refractivity contribution in [1.29, 1.82) is 0 Å². The Morgan fingerprint density at radius 3 is 2.46 bits per heavy atom. The van der Waals surface area contributed by atoms with Gasteiger partial charge in [0.25, 0.3) is 0 Å². The second-order valence-corrected chi connectivity index (χ2v) is 5.95. The molecule has 2 aromatic rings. The van der Waals surface area contributed by atoms with Gasteiger partial charge in [0.15, 0.2) is 5.75 Å². The summed E-state index contributed by atoms with van der Waals surface area (Å²) in [7, 11) is 0. The molecule has 0 spiro atoms. The summed E-state index contributed by atoms with van der Waals surface area (Å²) >= 11 is 6.01. The highest BCUT2D eigenvalue weighted by molar-refractivity contribution is 6.40. The number of carbonyl (C=O) groups is 2. The third kappa shape index (κ3) is 3.86. The molecule has 2 aromatic carbocycles. The summed E-state index contributed by atoms with van der Waals surface area (Å²) in [5, 5.41) is 3.05. The molecule has 0 aromatic heterocycles. The molecule has 1 N–H and O–H groups in total. The summed E-state index contributed by atoms with van der Waals surface area (Å²) in [5.74, 6) is -0.162. The summed E-state index contributed by atoms with van der Waals surface area (Å²) in [5.41, 5.74) is 0.365. The molecule has 1 aliphatic heterocycles. The van der Waals surface area contributed by atoms with Gasteiger partial charge in [-0.1, -0.05) is 29.8 Å². The lowest BCUT2D eigenvalue weighted by Crippen LogP contribution is -2.37. The molecule has 3 rings (SSSR count). The number of halogens is 1. The van der Waals surface area contributed by atoms with E-state index in [2.05, 4.69) is 5.32 Å². The van der Waals surface area contributed by atoms with Crippen molar-refractivity contribution >= 4 is 29.1 Å². The van der Waals surface area contributed by atoms with Gasteiger partial charge < -0.3 is 15.0 Å². The van der Waals surface area contributed by atoms with Crippen LogP contribution in [0.4, 0.5) is 5.69 Å². The van der Waals surface area contributed by atoms with E-state index in [4.69, 9.17) is 16.3 Å². The summed E-state index contributed by atoms with van der Waals surface area (Å²) < 4.78 is 5.77. The van der Waals surface area contributed by atoms with Gasteiger partial charge >= 0.3 is 11.8 Å². The molecule has 0 atom stereocenters. The van der Waals surface area contributed by atoms with Crippen molar-refractivity contribution in [3.63, 3.8) is 0 Å². The van der Waals surface area contributed by atoms with Crippen LogP contribution in [-0.2, 0) is 9.59 Å². The molecule has 1 aliphatic rings. The van der Waals surface area contributed by atoms with Crippen LogP contribution in [-0.4, -0.2) is 29.8 Å². The number of nitrogens with zero attached hydrogens (tertiary/aromatic N) is 1. The molecule has 6 heteroatoms. The SMILES string of the molecule is O=C(Nc1cc(Cl)ccc1Oc1ccccc1)C(=O)N1CCCC1. The van der Waals surface area contributed by atoms with Crippen LogP contribution >= 0.6 is 11.6 Å². The van der Waals surface area contributed by atoms with E-state index in [1.54, 1.807) is 35.2 Å². The van der Waals surface area contributed by atoms with Crippen molar-refractivity contribution in [2.75, 3.05) is 18.4 Å². The molecule has 0 bridgehead atoms. The number of ether oxygens (including phenoxy) is 1. The first-order valence-electron chi connectivity index (χ1n) is 7.76. The molecular weight excluding hydrogens is 328 g/mol. The number of para-hydroxylation sites is 1. The average molecular weight is 345 g/mol. The molecule has 0 radical (unpaired) electrons. The fraction of sp³-hybridized carbons (Fsp3) is 0.222. The van der Waals surface area contributed by atoms with Crippen LogP contribution in [0.15, 0.2) is 48.5 Å². The van der Waals surface area contributed by atoms with Crippen molar-refractivity contribution in [2.24, 2.45) is 0 Å². The highest BCUT2D eigenvalue weighted by Crippen LogP contribution is 2.32. The second-order valence-electron chi connectivity index (χ2n) is 5.51. The molecule has 1 fully saturated rings. The predicted molar refractivity (Wildman–Crippen MR) is 92.4 cm³/mol. The molecule has 0 aliphatic carbocycles. The Bertz CT molecular complexity index is 743. The lowest BCUT2D eigenvalue weighted by molar-refractivity contribution is -0.142. The minimum Gasteiger partial charge on any atom is -0.455 e. The zero-order valence-electron chi connectivity index (χ0n) is 13.0. The van der Waals surface area contributed by atoms with Gasteiger partial charge in [-0.25, -0.2) is 0 Å². The van der Waals surface area contributed by atoms with Crippen LogP contribution in [0.2, 0.25) is 5.02 Å². The smallest absolute Gasteiger partial charge is 0.314 e. The second kappa shape index (κ2) is 7.36. The number of carbonyl (C=O) groups excluding carboxylic acids is 2. The minimum absolute atomic E-state index is 0.365. The van der Waals surface area contributed by atoms with Gasteiger partial charge in [-0.3, -0.25) is 9.59 Å². The van der Waals surface area contributed by atoms with E-state index in [1.165, 1.54) is 0 Å². The highest BCUT2D eigenvalue weighted by atomic mass is 35.5. The van der Waals surface area contributed by atoms with Crippen LogP contribution in [0, 0.1) is 0 Å². The Morgan fingerprint density at radius 2 is 1.75 bits per heavy atom. The van der Waals surface area contributed by atoms with E-state index in [9.17, 15) is 9.59 Å². The van der Waals surface area contributed by atoms with E-state index in [0.717, 1.165) is 12.8 Å². The van der Waals surface area contributed by atoms with Crippen molar-refractivity contribution in [2.45, 2.75) is 12.8 Å². The first kappa shape index (κ1) is 16.3. The first-order chi connectivity index (χ1) is 11.6. The van der Waals surface area contributed by atoms with E-state index >= 15 is 0 Å². The molecule has 124 valence electrons.